The third-order valence-electron chi connectivity index (χ3n) is 6.82. The van der Waals surface area contributed by atoms with E-state index in [0.717, 1.165) is 0 Å². The average molecular weight is 479 g/mol. The summed E-state index contributed by atoms with van der Waals surface area (Å²) in [6.07, 6.45) is 7.12. The Kier molecular flexibility index (Phi) is 8.36. The molecule has 5 atom stereocenters. The van der Waals surface area contributed by atoms with Crippen molar-refractivity contribution in [1.29, 1.82) is 0 Å². The molecule has 0 aromatic heterocycles. The SMILES string of the molecule is C#CCCC(NC(=O)[C@@H]1C2C(CN1C(=O)[C@@H](NCl)C(C)(C)C)C2(C)C)C(=O)C(=O)NCC=C. The van der Waals surface area contributed by atoms with E-state index in [0.29, 0.717) is 6.54 Å². The first-order valence-corrected chi connectivity index (χ1v) is 11.5. The lowest BCUT2D eigenvalue weighted by Gasteiger charge is -2.36. The lowest BCUT2D eigenvalue weighted by Crippen LogP contribution is -2.59. The Hall–Kier alpha value is -2.37. The highest BCUT2D eigenvalue weighted by atomic mass is 35.5. The van der Waals surface area contributed by atoms with Gasteiger partial charge in [-0.05, 0) is 40.9 Å². The molecule has 2 rings (SSSR count). The molecule has 9 heteroatoms. The second kappa shape index (κ2) is 10.3. The van der Waals surface area contributed by atoms with Crippen molar-refractivity contribution in [2.24, 2.45) is 22.7 Å². The van der Waals surface area contributed by atoms with Crippen molar-refractivity contribution >= 4 is 35.3 Å². The molecule has 2 fully saturated rings. The number of amides is 3. The van der Waals surface area contributed by atoms with E-state index < -0.39 is 41.1 Å². The molecular formula is C24H35ClN4O4. The van der Waals surface area contributed by atoms with Gasteiger partial charge in [-0.25, -0.2) is 4.84 Å². The van der Waals surface area contributed by atoms with Gasteiger partial charge in [0.2, 0.25) is 17.6 Å². The first-order chi connectivity index (χ1) is 15.3. The maximum atomic E-state index is 13.5. The smallest absolute Gasteiger partial charge is 0.289 e. The number of terminal acetylenes is 1. The molecule has 2 aliphatic rings. The van der Waals surface area contributed by atoms with Crippen LogP contribution in [0.2, 0.25) is 0 Å². The average Bonchev–Trinajstić information content (AvgIpc) is 3.08. The van der Waals surface area contributed by atoms with Crippen LogP contribution in [0.4, 0.5) is 0 Å². The van der Waals surface area contributed by atoms with Crippen LogP contribution in [0.5, 0.6) is 0 Å². The molecule has 0 radical (unpaired) electrons. The third kappa shape index (κ3) is 5.59. The number of hydrogen-bond acceptors (Lipinski definition) is 5. The van der Waals surface area contributed by atoms with Crippen LogP contribution in [0.15, 0.2) is 12.7 Å². The molecule has 8 nitrogen and oxygen atoms in total. The molecule has 33 heavy (non-hydrogen) atoms. The van der Waals surface area contributed by atoms with Crippen LogP contribution in [0, 0.1) is 35.0 Å². The topological polar surface area (TPSA) is 108 Å². The van der Waals surface area contributed by atoms with Crippen LogP contribution < -0.4 is 15.5 Å². The van der Waals surface area contributed by atoms with Gasteiger partial charge in [0, 0.05) is 19.5 Å². The van der Waals surface area contributed by atoms with Gasteiger partial charge < -0.3 is 15.5 Å². The lowest BCUT2D eigenvalue weighted by atomic mass is 9.86. The van der Waals surface area contributed by atoms with Gasteiger partial charge in [0.25, 0.3) is 5.91 Å². The molecule has 1 saturated heterocycles. The largest absolute Gasteiger partial charge is 0.346 e. The Morgan fingerprint density at radius 3 is 2.45 bits per heavy atom. The number of piperidine rings is 1. The Balaban J connectivity index is 2.26. The minimum Gasteiger partial charge on any atom is -0.346 e. The minimum atomic E-state index is -1.08. The van der Waals surface area contributed by atoms with Crippen LogP contribution in [0.1, 0.15) is 47.5 Å². The zero-order chi connectivity index (χ0) is 25.1. The van der Waals surface area contributed by atoms with Crippen LogP contribution >= 0.6 is 11.8 Å². The molecule has 3 N–H and O–H groups in total. The molecule has 1 heterocycles. The Labute approximate surface area is 201 Å². The summed E-state index contributed by atoms with van der Waals surface area (Å²) in [6, 6.07) is -2.54. The zero-order valence-electron chi connectivity index (χ0n) is 20.0. The fourth-order valence-corrected chi connectivity index (χ4v) is 5.14. The van der Waals surface area contributed by atoms with E-state index in [1.165, 1.54) is 6.08 Å². The number of Topliss-reactive ketones (excluding diaryl/α,β-unsaturated/α-hetero) is 1. The third-order valence-corrected chi connectivity index (χ3v) is 7.04. The van der Waals surface area contributed by atoms with Gasteiger partial charge in [-0.2, -0.15) is 0 Å². The van der Waals surface area contributed by atoms with E-state index >= 15 is 0 Å². The van der Waals surface area contributed by atoms with Gasteiger partial charge >= 0.3 is 0 Å². The van der Waals surface area contributed by atoms with Gasteiger partial charge in [0.1, 0.15) is 12.1 Å². The summed E-state index contributed by atoms with van der Waals surface area (Å²) in [5.74, 6) is 0.231. The summed E-state index contributed by atoms with van der Waals surface area (Å²) in [4.78, 5) is 55.8. The lowest BCUT2D eigenvalue weighted by molar-refractivity contribution is -0.145. The van der Waals surface area contributed by atoms with E-state index in [9.17, 15) is 19.2 Å². The molecule has 3 amide bonds. The van der Waals surface area contributed by atoms with Crippen LogP contribution in [-0.2, 0) is 19.2 Å². The molecule has 0 aromatic rings. The van der Waals surface area contributed by atoms with Crippen molar-refractivity contribution in [2.45, 2.75) is 65.6 Å². The molecule has 3 unspecified atom stereocenters. The van der Waals surface area contributed by atoms with Crippen molar-refractivity contribution in [3.05, 3.63) is 12.7 Å². The summed E-state index contributed by atoms with van der Waals surface area (Å²) < 4.78 is 0. The number of carbonyl (C=O) groups is 4. The Bertz CT molecular complexity index is 858. The minimum absolute atomic E-state index is 0.0460. The highest BCUT2D eigenvalue weighted by Gasteiger charge is 2.69. The van der Waals surface area contributed by atoms with E-state index in [2.05, 4.69) is 41.8 Å². The number of carbonyl (C=O) groups excluding carboxylic acids is 4. The zero-order valence-corrected chi connectivity index (χ0v) is 20.8. The van der Waals surface area contributed by atoms with Crippen molar-refractivity contribution in [1.82, 2.24) is 20.4 Å². The van der Waals surface area contributed by atoms with Crippen LogP contribution in [0.25, 0.3) is 0 Å². The second-order valence-corrected chi connectivity index (χ2v) is 10.7. The van der Waals surface area contributed by atoms with E-state index in [4.69, 9.17) is 18.2 Å². The highest BCUT2D eigenvalue weighted by Crippen LogP contribution is 2.65. The quantitative estimate of drug-likeness (QED) is 0.190. The number of fused-ring (bicyclic) bond motifs is 1. The van der Waals surface area contributed by atoms with Gasteiger partial charge in [-0.3, -0.25) is 19.2 Å². The van der Waals surface area contributed by atoms with Gasteiger partial charge in [0.15, 0.2) is 0 Å². The number of rotatable bonds is 10. The van der Waals surface area contributed by atoms with Gasteiger partial charge in [0.05, 0.1) is 6.04 Å². The maximum absolute atomic E-state index is 13.5. The monoisotopic (exact) mass is 478 g/mol. The Morgan fingerprint density at radius 2 is 1.94 bits per heavy atom. The number of nitrogens with zero attached hydrogens (tertiary/aromatic N) is 1. The summed E-state index contributed by atoms with van der Waals surface area (Å²) >= 11 is 5.90. The number of likely N-dealkylation sites (tertiary alicyclic amines) is 1. The number of ketones is 1. The van der Waals surface area contributed by atoms with Crippen LogP contribution in [0.3, 0.4) is 0 Å². The van der Waals surface area contributed by atoms with Crippen molar-refractivity contribution in [3.63, 3.8) is 0 Å². The Morgan fingerprint density at radius 1 is 1.30 bits per heavy atom. The molecule has 1 saturated carbocycles. The highest BCUT2D eigenvalue weighted by molar-refractivity contribution is 6.38. The maximum Gasteiger partial charge on any atom is 0.289 e. The molecule has 0 spiro atoms. The summed E-state index contributed by atoms with van der Waals surface area (Å²) in [5, 5.41) is 5.14. The van der Waals surface area contributed by atoms with E-state index in [1.54, 1.807) is 4.90 Å². The fraction of sp³-hybridized carbons (Fsp3) is 0.667. The van der Waals surface area contributed by atoms with Crippen molar-refractivity contribution < 1.29 is 19.2 Å². The molecule has 0 aromatic carbocycles. The molecular weight excluding hydrogens is 444 g/mol. The van der Waals surface area contributed by atoms with Crippen molar-refractivity contribution in [2.75, 3.05) is 13.1 Å². The first-order valence-electron chi connectivity index (χ1n) is 11.2. The van der Waals surface area contributed by atoms with Gasteiger partial charge in [-0.1, -0.05) is 40.7 Å². The second-order valence-electron chi connectivity index (χ2n) is 10.5. The predicted octanol–water partition coefficient (Wildman–Crippen LogP) is 1.40. The van der Waals surface area contributed by atoms with E-state index in [1.807, 2.05) is 20.8 Å². The molecule has 1 aliphatic carbocycles. The first kappa shape index (κ1) is 26.9. The standard InChI is InChI=1S/C24H35ClN4O4/c1-8-10-11-15(18(30)21(32)26-12-9-2)27-20(31)17-16-14(24(16,6)7)13-29(17)22(33)19(28-25)23(3,4)5/h1,9,14-17,19,28H,2,10-13H2,3-7H3,(H,26,32)(H,27,31)/t14?,15?,16?,17-,19+/m0/s1. The van der Waals surface area contributed by atoms with Crippen molar-refractivity contribution in [3.8, 4) is 12.3 Å². The number of nitrogens with one attached hydrogen (secondary N) is 3. The fourth-order valence-electron chi connectivity index (χ4n) is 4.72. The van der Waals surface area contributed by atoms with Gasteiger partial charge in [-0.15, -0.1) is 18.9 Å². The molecule has 0 bridgehead atoms. The molecule has 182 valence electrons. The predicted molar refractivity (Wildman–Crippen MR) is 127 cm³/mol. The summed E-state index contributed by atoms with van der Waals surface area (Å²) in [6.45, 7) is 13.9. The van der Waals surface area contributed by atoms with E-state index in [-0.39, 0.29) is 42.5 Å². The normalized spacial score (nSPS) is 24.6. The number of halogens is 1. The summed E-state index contributed by atoms with van der Waals surface area (Å²) in [5.41, 5.74) is -0.583. The molecule has 1 aliphatic heterocycles. The van der Waals surface area contributed by atoms with Crippen LogP contribution in [-0.4, -0.2) is 59.6 Å². The number of hydrogen-bond donors (Lipinski definition) is 3. The summed E-state index contributed by atoms with van der Waals surface area (Å²) in [7, 11) is 0.